The van der Waals surface area contributed by atoms with Gasteiger partial charge < -0.3 is 15.5 Å². The second-order valence-electron chi connectivity index (χ2n) is 11.0. The third kappa shape index (κ3) is 9.36. The number of nitrogens with one attached hydrogen (secondary N) is 2. The van der Waals surface area contributed by atoms with Gasteiger partial charge in [-0.15, -0.1) is 0 Å². The van der Waals surface area contributed by atoms with E-state index in [-0.39, 0.29) is 35.6 Å². The molecule has 220 valence electrons. The van der Waals surface area contributed by atoms with Crippen molar-refractivity contribution in [3.8, 4) is 11.3 Å². The molecule has 41 heavy (non-hydrogen) atoms. The average molecular weight is 581 g/mol. The van der Waals surface area contributed by atoms with E-state index in [4.69, 9.17) is 0 Å². The van der Waals surface area contributed by atoms with E-state index in [1.807, 2.05) is 71.0 Å². The van der Waals surface area contributed by atoms with Crippen LogP contribution in [0.3, 0.4) is 0 Å². The third-order valence-electron chi connectivity index (χ3n) is 6.02. The monoisotopic (exact) mass is 580 g/mol. The number of rotatable bonds is 13. The Morgan fingerprint density at radius 2 is 1.44 bits per heavy atom. The van der Waals surface area contributed by atoms with Crippen molar-refractivity contribution in [2.75, 3.05) is 37.8 Å². The maximum atomic E-state index is 13.4. The van der Waals surface area contributed by atoms with Gasteiger partial charge in [-0.2, -0.15) is 0 Å². The van der Waals surface area contributed by atoms with Gasteiger partial charge in [0.05, 0.1) is 10.6 Å². The summed E-state index contributed by atoms with van der Waals surface area (Å²) in [7, 11) is -0.356. The van der Waals surface area contributed by atoms with Crippen molar-refractivity contribution < 1.29 is 18.0 Å². The molecule has 2 aromatic carbocycles. The lowest BCUT2D eigenvalue weighted by atomic mass is 10.1. The molecule has 2 N–H and O–H groups in total. The van der Waals surface area contributed by atoms with Gasteiger partial charge in [0.15, 0.2) is 0 Å². The van der Waals surface area contributed by atoms with Crippen molar-refractivity contribution >= 4 is 39.2 Å². The van der Waals surface area contributed by atoms with E-state index in [1.165, 1.54) is 12.1 Å². The molecule has 0 atom stereocenters. The highest BCUT2D eigenvalue weighted by molar-refractivity contribution is 7.89. The van der Waals surface area contributed by atoms with Crippen LogP contribution in [0, 0.1) is 11.8 Å². The second-order valence-corrected chi connectivity index (χ2v) is 12.9. The van der Waals surface area contributed by atoms with Crippen LogP contribution in [0.15, 0.2) is 65.7 Å². The number of benzene rings is 2. The van der Waals surface area contributed by atoms with E-state index in [0.29, 0.717) is 36.0 Å². The summed E-state index contributed by atoms with van der Waals surface area (Å²) in [5, 5.41) is 6.00. The quantitative estimate of drug-likeness (QED) is 0.290. The first-order valence-corrected chi connectivity index (χ1v) is 15.1. The second kappa shape index (κ2) is 14.2. The van der Waals surface area contributed by atoms with Crippen molar-refractivity contribution in [1.82, 2.24) is 19.2 Å². The van der Waals surface area contributed by atoms with Crippen molar-refractivity contribution in [3.05, 3.63) is 60.8 Å². The Morgan fingerprint density at radius 3 is 2.02 bits per heavy atom. The first-order chi connectivity index (χ1) is 19.3. The maximum Gasteiger partial charge on any atom is 0.266 e. The first-order valence-electron chi connectivity index (χ1n) is 13.7. The number of aromatic nitrogens is 2. The summed E-state index contributed by atoms with van der Waals surface area (Å²) in [6.07, 6.45) is 2.24. The summed E-state index contributed by atoms with van der Waals surface area (Å²) in [4.78, 5) is 35.6. The highest BCUT2D eigenvalue weighted by Gasteiger charge is 2.29. The first kappa shape index (κ1) is 31.7. The average Bonchev–Trinajstić information content (AvgIpc) is 2.88. The van der Waals surface area contributed by atoms with Gasteiger partial charge in [-0.25, -0.2) is 22.7 Å². The maximum absolute atomic E-state index is 13.4. The van der Waals surface area contributed by atoms with E-state index in [9.17, 15) is 18.0 Å². The van der Waals surface area contributed by atoms with Crippen LogP contribution in [-0.4, -0.2) is 66.6 Å². The predicted molar refractivity (Wildman–Crippen MR) is 162 cm³/mol. The molecule has 0 aliphatic carbocycles. The minimum absolute atomic E-state index is 0.0245. The lowest BCUT2D eigenvalue weighted by Gasteiger charge is -2.25. The minimum Gasteiger partial charge on any atom is -0.326 e. The zero-order valence-corrected chi connectivity index (χ0v) is 25.4. The van der Waals surface area contributed by atoms with Crippen LogP contribution in [0.1, 0.15) is 40.5 Å². The van der Waals surface area contributed by atoms with E-state index in [2.05, 4.69) is 20.6 Å². The third-order valence-corrected chi connectivity index (χ3v) is 7.86. The number of anilines is 3. The molecule has 0 saturated carbocycles. The van der Waals surface area contributed by atoms with Crippen LogP contribution in [-0.2, 0) is 19.6 Å². The summed E-state index contributed by atoms with van der Waals surface area (Å²) >= 11 is 0. The standard InChI is InChI=1S/C30H40N6O4S/c1-21(2)19-28(37)32-24-9-7-23(8-10-24)27-15-16-31-30(34-27)33-25-11-13-26(14-12-25)41(39,40)36(18-17-35(5)6)29(38)20-22(3)4/h7-16,21-22H,17-20H2,1-6H3,(H,32,37)(H,31,33,34). The van der Waals surface area contributed by atoms with Gasteiger partial charge in [-0.05, 0) is 68.4 Å². The number of nitrogens with zero attached hydrogens (tertiary/aromatic N) is 4. The number of amides is 2. The number of carbonyl (C=O) groups is 2. The number of hydrogen-bond acceptors (Lipinski definition) is 8. The van der Waals surface area contributed by atoms with Crippen LogP contribution in [0.4, 0.5) is 17.3 Å². The molecular weight excluding hydrogens is 540 g/mol. The lowest BCUT2D eigenvalue weighted by molar-refractivity contribution is -0.127. The van der Waals surface area contributed by atoms with Gasteiger partial charge in [0.1, 0.15) is 0 Å². The summed E-state index contributed by atoms with van der Waals surface area (Å²) in [5.41, 5.74) is 2.84. The molecule has 0 spiro atoms. The molecule has 0 bridgehead atoms. The van der Waals surface area contributed by atoms with Gasteiger partial charge in [0, 0.05) is 49.1 Å². The molecule has 2 amide bonds. The highest BCUT2D eigenvalue weighted by atomic mass is 32.2. The topological polar surface area (TPSA) is 125 Å². The fourth-order valence-electron chi connectivity index (χ4n) is 3.97. The molecule has 1 aromatic heterocycles. The van der Waals surface area contributed by atoms with Crippen molar-refractivity contribution in [2.45, 2.75) is 45.4 Å². The number of likely N-dealkylation sites (N-methyl/N-ethyl adjacent to an activating group) is 1. The van der Waals surface area contributed by atoms with Crippen LogP contribution in [0.25, 0.3) is 11.3 Å². The van der Waals surface area contributed by atoms with Gasteiger partial charge in [-0.1, -0.05) is 39.8 Å². The molecule has 0 aliphatic rings. The van der Waals surface area contributed by atoms with Crippen molar-refractivity contribution in [3.63, 3.8) is 0 Å². The molecule has 11 heteroatoms. The Bertz CT molecular complexity index is 1420. The molecule has 0 radical (unpaired) electrons. The Balaban J connectivity index is 1.73. The predicted octanol–water partition coefficient (Wildman–Crippen LogP) is 5.00. The molecular formula is C30H40N6O4S. The van der Waals surface area contributed by atoms with Crippen LogP contribution in [0.2, 0.25) is 0 Å². The normalized spacial score (nSPS) is 11.6. The fraction of sp³-hybridized carbons (Fsp3) is 0.400. The molecule has 0 aliphatic heterocycles. The highest BCUT2D eigenvalue weighted by Crippen LogP contribution is 2.24. The van der Waals surface area contributed by atoms with Crippen LogP contribution < -0.4 is 10.6 Å². The smallest absolute Gasteiger partial charge is 0.266 e. The molecule has 0 saturated heterocycles. The summed E-state index contributed by atoms with van der Waals surface area (Å²) in [6, 6.07) is 15.4. The Labute approximate surface area is 243 Å². The molecule has 10 nitrogen and oxygen atoms in total. The van der Waals surface area contributed by atoms with E-state index in [1.54, 1.807) is 24.4 Å². The van der Waals surface area contributed by atoms with Crippen molar-refractivity contribution in [1.29, 1.82) is 0 Å². The number of hydrogen-bond donors (Lipinski definition) is 2. The van der Waals surface area contributed by atoms with E-state index >= 15 is 0 Å². The summed E-state index contributed by atoms with van der Waals surface area (Å²) < 4.78 is 27.7. The number of sulfonamides is 1. The minimum atomic E-state index is -4.02. The SMILES string of the molecule is CC(C)CC(=O)Nc1ccc(-c2ccnc(Nc3ccc(S(=O)(=O)N(CCN(C)C)C(=O)CC(C)C)cc3)n2)cc1. The zero-order chi connectivity index (χ0) is 30.2. The molecule has 3 rings (SSSR count). The lowest BCUT2D eigenvalue weighted by Crippen LogP contribution is -2.41. The number of carbonyl (C=O) groups excluding carboxylic acids is 2. The van der Waals surface area contributed by atoms with Gasteiger partial charge >= 0.3 is 0 Å². The fourth-order valence-corrected chi connectivity index (χ4v) is 5.37. The van der Waals surface area contributed by atoms with Gasteiger partial charge in [0.2, 0.25) is 17.8 Å². The van der Waals surface area contributed by atoms with Crippen LogP contribution in [0.5, 0.6) is 0 Å². The molecule has 0 fully saturated rings. The molecule has 1 heterocycles. The molecule has 0 unspecified atom stereocenters. The van der Waals surface area contributed by atoms with Gasteiger partial charge in [-0.3, -0.25) is 9.59 Å². The Kier molecular flexibility index (Phi) is 11.0. The Morgan fingerprint density at radius 1 is 0.829 bits per heavy atom. The van der Waals surface area contributed by atoms with E-state index < -0.39 is 15.9 Å². The summed E-state index contributed by atoms with van der Waals surface area (Å²) in [5.74, 6) is 0.217. The van der Waals surface area contributed by atoms with Gasteiger partial charge in [0.25, 0.3) is 10.0 Å². The van der Waals surface area contributed by atoms with E-state index in [0.717, 1.165) is 9.87 Å². The summed E-state index contributed by atoms with van der Waals surface area (Å²) in [6.45, 7) is 8.26. The zero-order valence-electron chi connectivity index (χ0n) is 24.6. The molecule has 3 aromatic rings. The Hall–Kier alpha value is -3.83. The largest absolute Gasteiger partial charge is 0.326 e. The van der Waals surface area contributed by atoms with Crippen LogP contribution >= 0.6 is 0 Å². The van der Waals surface area contributed by atoms with Crippen molar-refractivity contribution in [2.24, 2.45) is 11.8 Å².